The van der Waals surface area contributed by atoms with Gasteiger partial charge in [0.15, 0.2) is 0 Å². The maximum atomic E-state index is 2.54. The zero-order chi connectivity index (χ0) is 9.36. The highest BCUT2D eigenvalue weighted by atomic mass is 14.2. The summed E-state index contributed by atoms with van der Waals surface area (Å²) in [6.07, 6.45) is 17.6. The summed E-state index contributed by atoms with van der Waals surface area (Å²) in [7, 11) is 0. The van der Waals surface area contributed by atoms with Gasteiger partial charge in [-0.25, -0.2) is 0 Å². The number of hydrogen-bond donors (Lipinski definition) is 0. The van der Waals surface area contributed by atoms with Gasteiger partial charge in [-0.15, -0.1) is 0 Å². The molecule has 13 heavy (non-hydrogen) atoms. The predicted octanol–water partition coefficient (Wildman–Crippen LogP) is 4.56. The van der Waals surface area contributed by atoms with Crippen molar-refractivity contribution in [3.05, 3.63) is 12.8 Å². The summed E-state index contributed by atoms with van der Waals surface area (Å²) in [6.45, 7) is 2.28. The highest BCUT2D eigenvalue weighted by Gasteiger charge is 2.12. The fourth-order valence-electron chi connectivity index (χ4n) is 2.12. The number of unbranched alkanes of at least 4 members (excludes halogenated alkanes) is 4. The van der Waals surface area contributed by atoms with E-state index in [2.05, 4.69) is 19.8 Å². The van der Waals surface area contributed by atoms with Gasteiger partial charge >= 0.3 is 0 Å². The van der Waals surface area contributed by atoms with Crippen LogP contribution >= 0.6 is 0 Å². The first-order chi connectivity index (χ1) is 6.43. The van der Waals surface area contributed by atoms with Crippen LogP contribution < -0.4 is 0 Å². The second kappa shape index (κ2) is 7.41. The normalized spacial score (nSPS) is 19.2. The van der Waals surface area contributed by atoms with Gasteiger partial charge in [0, 0.05) is 0 Å². The monoisotopic (exact) mass is 180 g/mol. The van der Waals surface area contributed by atoms with E-state index in [1.165, 1.54) is 57.8 Å². The van der Waals surface area contributed by atoms with Crippen molar-refractivity contribution in [1.82, 2.24) is 0 Å². The van der Waals surface area contributed by atoms with Gasteiger partial charge in [-0.1, -0.05) is 45.4 Å². The molecule has 0 saturated heterocycles. The molecule has 0 N–H and O–H groups in total. The van der Waals surface area contributed by atoms with Crippen LogP contribution in [0.25, 0.3) is 0 Å². The smallest absolute Gasteiger partial charge is 0.0355 e. The number of hydrogen-bond acceptors (Lipinski definition) is 0. The van der Waals surface area contributed by atoms with Gasteiger partial charge in [0.1, 0.15) is 0 Å². The molecule has 1 fully saturated rings. The van der Waals surface area contributed by atoms with Crippen molar-refractivity contribution >= 4 is 0 Å². The topological polar surface area (TPSA) is 0 Å². The van der Waals surface area contributed by atoms with E-state index < -0.39 is 0 Å². The zero-order valence-electron chi connectivity index (χ0n) is 9.10. The molecule has 1 rings (SSSR count). The molecule has 0 aromatic carbocycles. The third kappa shape index (κ3) is 5.33. The Morgan fingerprint density at radius 3 is 2.62 bits per heavy atom. The van der Waals surface area contributed by atoms with Crippen LogP contribution in [-0.4, -0.2) is 0 Å². The van der Waals surface area contributed by atoms with Crippen LogP contribution in [0, 0.1) is 18.8 Å². The lowest BCUT2D eigenvalue weighted by Crippen LogP contribution is -2.07. The van der Waals surface area contributed by atoms with E-state index in [0.29, 0.717) is 0 Å². The lowest BCUT2D eigenvalue weighted by atomic mass is 9.85. The lowest BCUT2D eigenvalue weighted by molar-refractivity contribution is 0.452. The fourth-order valence-corrected chi connectivity index (χ4v) is 2.12. The molecule has 0 aromatic rings. The van der Waals surface area contributed by atoms with Gasteiger partial charge in [0.05, 0.1) is 0 Å². The maximum absolute atomic E-state index is 2.54. The van der Waals surface area contributed by atoms with Gasteiger partial charge in [-0.05, 0) is 38.0 Å². The van der Waals surface area contributed by atoms with Crippen molar-refractivity contribution in [3.8, 4) is 0 Å². The first-order valence-electron chi connectivity index (χ1n) is 6.08. The standard InChI is InChI=1S/C13H24/c1-2-3-4-5-7-10-13-11-8-6-9-12-13/h8,12-13H,2-7,9-11H2,1H3. The van der Waals surface area contributed by atoms with Crippen molar-refractivity contribution in [2.24, 2.45) is 5.92 Å². The van der Waals surface area contributed by atoms with E-state index in [1.807, 2.05) is 0 Å². The summed E-state index contributed by atoms with van der Waals surface area (Å²) in [5.74, 6) is 0.926. The highest BCUT2D eigenvalue weighted by molar-refractivity contribution is 4.88. The SMILES string of the molecule is CCCCCCCC1[CH]CC[CH]C1. The Morgan fingerprint density at radius 1 is 1.08 bits per heavy atom. The molecule has 1 unspecified atom stereocenters. The first kappa shape index (κ1) is 11.1. The predicted molar refractivity (Wildman–Crippen MR) is 59.3 cm³/mol. The summed E-state index contributed by atoms with van der Waals surface area (Å²) in [6, 6.07) is 0. The lowest BCUT2D eigenvalue weighted by Gasteiger charge is -2.20. The average molecular weight is 180 g/mol. The van der Waals surface area contributed by atoms with Crippen molar-refractivity contribution in [1.29, 1.82) is 0 Å². The molecule has 1 aliphatic rings. The van der Waals surface area contributed by atoms with E-state index >= 15 is 0 Å². The minimum Gasteiger partial charge on any atom is -0.0654 e. The maximum Gasteiger partial charge on any atom is -0.0355 e. The summed E-state index contributed by atoms with van der Waals surface area (Å²) in [5.41, 5.74) is 0. The third-order valence-corrected chi connectivity index (χ3v) is 3.02. The van der Waals surface area contributed by atoms with E-state index in [9.17, 15) is 0 Å². The van der Waals surface area contributed by atoms with Gasteiger partial charge in [-0.2, -0.15) is 0 Å². The van der Waals surface area contributed by atoms with Crippen LogP contribution in [0.15, 0.2) is 0 Å². The molecule has 0 aliphatic heterocycles. The van der Waals surface area contributed by atoms with Crippen LogP contribution in [0.4, 0.5) is 0 Å². The van der Waals surface area contributed by atoms with E-state index in [0.717, 1.165) is 5.92 Å². The Morgan fingerprint density at radius 2 is 1.92 bits per heavy atom. The van der Waals surface area contributed by atoms with Crippen LogP contribution in [0.2, 0.25) is 0 Å². The Labute approximate surface area is 84.1 Å². The van der Waals surface area contributed by atoms with Crippen molar-refractivity contribution in [2.45, 2.75) is 64.7 Å². The molecular formula is C13H24. The summed E-state index contributed by atoms with van der Waals surface area (Å²) in [5, 5.41) is 0. The van der Waals surface area contributed by atoms with Crippen LogP contribution in [0.3, 0.4) is 0 Å². The fraction of sp³-hybridized carbons (Fsp3) is 0.846. The molecule has 0 nitrogen and oxygen atoms in total. The number of rotatable bonds is 6. The second-order valence-electron chi connectivity index (χ2n) is 4.30. The molecule has 1 saturated carbocycles. The Hall–Kier alpha value is 0. The van der Waals surface area contributed by atoms with Crippen molar-refractivity contribution in [3.63, 3.8) is 0 Å². The van der Waals surface area contributed by atoms with Crippen LogP contribution in [0.1, 0.15) is 64.7 Å². The Balaban J connectivity index is 1.86. The Kier molecular flexibility index (Phi) is 6.31. The molecule has 0 heterocycles. The largest absolute Gasteiger partial charge is 0.0654 e. The van der Waals surface area contributed by atoms with Gasteiger partial charge in [0.25, 0.3) is 0 Å². The summed E-state index contributed by atoms with van der Waals surface area (Å²) < 4.78 is 0. The van der Waals surface area contributed by atoms with E-state index in [4.69, 9.17) is 0 Å². The first-order valence-corrected chi connectivity index (χ1v) is 6.08. The second-order valence-corrected chi connectivity index (χ2v) is 4.30. The minimum absolute atomic E-state index is 0.926. The van der Waals surface area contributed by atoms with Gasteiger partial charge in [0.2, 0.25) is 0 Å². The van der Waals surface area contributed by atoms with E-state index in [-0.39, 0.29) is 0 Å². The summed E-state index contributed by atoms with van der Waals surface area (Å²) >= 11 is 0. The molecule has 2 radical (unpaired) electrons. The van der Waals surface area contributed by atoms with E-state index in [1.54, 1.807) is 0 Å². The molecular weight excluding hydrogens is 156 g/mol. The van der Waals surface area contributed by atoms with Gasteiger partial charge in [-0.3, -0.25) is 0 Å². The zero-order valence-corrected chi connectivity index (χ0v) is 9.10. The van der Waals surface area contributed by atoms with Gasteiger partial charge < -0.3 is 0 Å². The van der Waals surface area contributed by atoms with Crippen molar-refractivity contribution < 1.29 is 0 Å². The quantitative estimate of drug-likeness (QED) is 0.526. The summed E-state index contributed by atoms with van der Waals surface area (Å²) in [4.78, 5) is 0. The van der Waals surface area contributed by atoms with Crippen LogP contribution in [-0.2, 0) is 0 Å². The highest BCUT2D eigenvalue weighted by Crippen LogP contribution is 2.26. The molecule has 0 spiro atoms. The average Bonchev–Trinajstić information content (AvgIpc) is 2.19. The molecule has 0 heteroatoms. The molecule has 0 aromatic heterocycles. The molecule has 76 valence electrons. The molecule has 0 bridgehead atoms. The minimum atomic E-state index is 0.926. The van der Waals surface area contributed by atoms with Crippen LogP contribution in [0.5, 0.6) is 0 Å². The third-order valence-electron chi connectivity index (χ3n) is 3.02. The molecule has 1 aliphatic carbocycles. The molecule has 0 amide bonds. The molecule has 1 atom stereocenters. The van der Waals surface area contributed by atoms with Crippen molar-refractivity contribution in [2.75, 3.05) is 0 Å². The Bertz CT molecular complexity index is 101.